The highest BCUT2D eigenvalue weighted by molar-refractivity contribution is 5.22. The van der Waals surface area contributed by atoms with E-state index in [1.165, 1.54) is 17.7 Å². The standard InChI is InChI=1S/C15H18FN3/c1-2-11-3-8-14(18-10-11)9-15(19-17)12-4-6-13(16)7-5-12/h3-8,10,15,19H,2,9,17H2,1H3. The van der Waals surface area contributed by atoms with Crippen LogP contribution >= 0.6 is 0 Å². The second-order valence-corrected chi connectivity index (χ2v) is 4.49. The third-order valence-corrected chi connectivity index (χ3v) is 3.18. The quantitative estimate of drug-likeness (QED) is 0.641. The number of hydrogen-bond acceptors (Lipinski definition) is 3. The summed E-state index contributed by atoms with van der Waals surface area (Å²) >= 11 is 0. The number of nitrogens with one attached hydrogen (secondary N) is 1. The molecule has 1 atom stereocenters. The van der Waals surface area contributed by atoms with Crippen LogP contribution in [0.4, 0.5) is 4.39 Å². The van der Waals surface area contributed by atoms with Crippen molar-refractivity contribution in [3.63, 3.8) is 0 Å². The second kappa shape index (κ2) is 6.41. The number of hydrogen-bond donors (Lipinski definition) is 2. The lowest BCUT2D eigenvalue weighted by Crippen LogP contribution is -2.29. The molecule has 0 saturated carbocycles. The Kier molecular flexibility index (Phi) is 4.60. The maximum atomic E-state index is 12.9. The average molecular weight is 259 g/mol. The molecule has 0 radical (unpaired) electrons. The van der Waals surface area contributed by atoms with Gasteiger partial charge in [0.05, 0.1) is 6.04 Å². The molecule has 0 spiro atoms. The van der Waals surface area contributed by atoms with Gasteiger partial charge in [-0.3, -0.25) is 16.3 Å². The molecule has 3 nitrogen and oxygen atoms in total. The summed E-state index contributed by atoms with van der Waals surface area (Å²) in [5.74, 6) is 5.33. The van der Waals surface area contributed by atoms with Crippen molar-refractivity contribution in [1.82, 2.24) is 10.4 Å². The molecule has 1 aromatic carbocycles. The first-order chi connectivity index (χ1) is 9.22. The number of halogens is 1. The van der Waals surface area contributed by atoms with Gasteiger partial charge in [0.15, 0.2) is 0 Å². The van der Waals surface area contributed by atoms with Crippen molar-refractivity contribution in [3.8, 4) is 0 Å². The molecule has 4 heteroatoms. The largest absolute Gasteiger partial charge is 0.271 e. The molecule has 0 aliphatic carbocycles. The Hall–Kier alpha value is -1.78. The van der Waals surface area contributed by atoms with Gasteiger partial charge in [-0.05, 0) is 35.7 Å². The Bertz CT molecular complexity index is 508. The molecular weight excluding hydrogens is 241 g/mol. The molecular formula is C15H18FN3. The van der Waals surface area contributed by atoms with E-state index in [1.807, 2.05) is 12.3 Å². The smallest absolute Gasteiger partial charge is 0.123 e. The predicted molar refractivity (Wildman–Crippen MR) is 73.8 cm³/mol. The minimum atomic E-state index is -0.245. The molecule has 100 valence electrons. The fourth-order valence-corrected chi connectivity index (χ4v) is 1.96. The third-order valence-electron chi connectivity index (χ3n) is 3.18. The summed E-state index contributed by atoms with van der Waals surface area (Å²) < 4.78 is 12.9. The van der Waals surface area contributed by atoms with E-state index >= 15 is 0 Å². The number of aryl methyl sites for hydroxylation is 1. The topological polar surface area (TPSA) is 50.9 Å². The first-order valence-corrected chi connectivity index (χ1v) is 6.38. The zero-order valence-electron chi connectivity index (χ0n) is 10.9. The van der Waals surface area contributed by atoms with E-state index < -0.39 is 0 Å². The number of pyridine rings is 1. The Morgan fingerprint density at radius 1 is 1.21 bits per heavy atom. The zero-order valence-corrected chi connectivity index (χ0v) is 10.9. The van der Waals surface area contributed by atoms with Crippen molar-refractivity contribution in [1.29, 1.82) is 0 Å². The van der Waals surface area contributed by atoms with E-state index in [4.69, 9.17) is 5.84 Å². The number of rotatable bonds is 5. The molecule has 3 N–H and O–H groups in total. The fraction of sp³-hybridized carbons (Fsp3) is 0.267. The zero-order chi connectivity index (χ0) is 13.7. The van der Waals surface area contributed by atoms with Crippen molar-refractivity contribution in [3.05, 3.63) is 65.2 Å². The number of nitrogens with two attached hydrogens (primary N) is 1. The molecule has 1 aromatic heterocycles. The van der Waals surface area contributed by atoms with Gasteiger partial charge in [-0.1, -0.05) is 25.1 Å². The molecule has 1 heterocycles. The lowest BCUT2D eigenvalue weighted by molar-refractivity contribution is 0.543. The highest BCUT2D eigenvalue weighted by Crippen LogP contribution is 2.17. The number of aromatic nitrogens is 1. The summed E-state index contributed by atoms with van der Waals surface area (Å²) in [7, 11) is 0. The normalized spacial score (nSPS) is 12.4. The van der Waals surface area contributed by atoms with Gasteiger partial charge in [0.25, 0.3) is 0 Å². The molecule has 0 aliphatic rings. The highest BCUT2D eigenvalue weighted by atomic mass is 19.1. The van der Waals surface area contributed by atoms with Crippen molar-refractivity contribution < 1.29 is 4.39 Å². The second-order valence-electron chi connectivity index (χ2n) is 4.49. The van der Waals surface area contributed by atoms with Gasteiger partial charge in [0, 0.05) is 18.3 Å². The van der Waals surface area contributed by atoms with Gasteiger partial charge >= 0.3 is 0 Å². The van der Waals surface area contributed by atoms with Gasteiger partial charge in [0.2, 0.25) is 0 Å². The van der Waals surface area contributed by atoms with E-state index in [0.29, 0.717) is 6.42 Å². The van der Waals surface area contributed by atoms with Crippen LogP contribution in [0.2, 0.25) is 0 Å². The fourth-order valence-electron chi connectivity index (χ4n) is 1.96. The monoisotopic (exact) mass is 259 g/mol. The van der Waals surface area contributed by atoms with Gasteiger partial charge in [-0.15, -0.1) is 0 Å². The highest BCUT2D eigenvalue weighted by Gasteiger charge is 2.11. The minimum absolute atomic E-state index is 0.0689. The van der Waals surface area contributed by atoms with Crippen molar-refractivity contribution in [2.45, 2.75) is 25.8 Å². The van der Waals surface area contributed by atoms with Crippen LogP contribution in [0.5, 0.6) is 0 Å². The van der Waals surface area contributed by atoms with E-state index in [-0.39, 0.29) is 11.9 Å². The minimum Gasteiger partial charge on any atom is -0.271 e. The summed E-state index contributed by atoms with van der Waals surface area (Å²) in [6.07, 6.45) is 3.53. The lowest BCUT2D eigenvalue weighted by Gasteiger charge is -2.16. The third kappa shape index (κ3) is 3.59. The molecule has 0 bridgehead atoms. The van der Waals surface area contributed by atoms with E-state index in [2.05, 4.69) is 23.4 Å². The Labute approximate surface area is 112 Å². The van der Waals surface area contributed by atoms with Crippen LogP contribution in [0.3, 0.4) is 0 Å². The molecule has 19 heavy (non-hydrogen) atoms. The van der Waals surface area contributed by atoms with Crippen molar-refractivity contribution >= 4 is 0 Å². The Morgan fingerprint density at radius 2 is 1.95 bits per heavy atom. The lowest BCUT2D eigenvalue weighted by atomic mass is 10.0. The molecule has 1 unspecified atom stereocenters. The molecule has 0 amide bonds. The van der Waals surface area contributed by atoms with Crippen molar-refractivity contribution in [2.75, 3.05) is 0 Å². The first kappa shape index (κ1) is 13.6. The molecule has 0 fully saturated rings. The van der Waals surface area contributed by atoms with Crippen molar-refractivity contribution in [2.24, 2.45) is 5.84 Å². The first-order valence-electron chi connectivity index (χ1n) is 6.38. The summed E-state index contributed by atoms with van der Waals surface area (Å²) in [4.78, 5) is 4.41. The van der Waals surface area contributed by atoms with Crippen LogP contribution in [0.15, 0.2) is 42.6 Å². The average Bonchev–Trinajstić information content (AvgIpc) is 2.46. The maximum absolute atomic E-state index is 12.9. The van der Waals surface area contributed by atoms with E-state index in [9.17, 15) is 4.39 Å². The summed E-state index contributed by atoms with van der Waals surface area (Å²) in [5, 5.41) is 0. The van der Waals surface area contributed by atoms with Gasteiger partial charge < -0.3 is 0 Å². The SMILES string of the molecule is CCc1ccc(CC(NN)c2ccc(F)cc2)nc1. The van der Waals surface area contributed by atoms with Crippen LogP contribution < -0.4 is 11.3 Å². The maximum Gasteiger partial charge on any atom is 0.123 e. The molecule has 0 aliphatic heterocycles. The van der Waals surface area contributed by atoms with Crippen LogP contribution in [0.1, 0.15) is 29.8 Å². The van der Waals surface area contributed by atoms with Gasteiger partial charge in [-0.2, -0.15) is 0 Å². The summed E-state index contributed by atoms with van der Waals surface area (Å²) in [6.45, 7) is 2.10. The van der Waals surface area contributed by atoms with E-state index in [0.717, 1.165) is 17.7 Å². The number of nitrogens with zero attached hydrogens (tertiary/aromatic N) is 1. The summed E-state index contributed by atoms with van der Waals surface area (Å²) in [6, 6.07) is 10.4. The number of hydrazine groups is 1. The van der Waals surface area contributed by atoms with Crippen LogP contribution in [0.25, 0.3) is 0 Å². The predicted octanol–water partition coefficient (Wildman–Crippen LogP) is 2.53. The molecule has 2 rings (SSSR count). The molecule has 0 saturated heterocycles. The number of benzene rings is 1. The van der Waals surface area contributed by atoms with Gasteiger partial charge in [-0.25, -0.2) is 4.39 Å². The van der Waals surface area contributed by atoms with E-state index in [1.54, 1.807) is 12.1 Å². The summed E-state index contributed by atoms with van der Waals surface area (Å²) in [5.41, 5.74) is 5.88. The van der Waals surface area contributed by atoms with Crippen LogP contribution in [0, 0.1) is 5.82 Å². The Balaban J connectivity index is 2.11. The van der Waals surface area contributed by atoms with Crippen LogP contribution in [-0.4, -0.2) is 4.98 Å². The van der Waals surface area contributed by atoms with Crippen LogP contribution in [-0.2, 0) is 12.8 Å². The Morgan fingerprint density at radius 3 is 2.47 bits per heavy atom. The van der Waals surface area contributed by atoms with Gasteiger partial charge in [0.1, 0.15) is 5.82 Å². The molecule has 2 aromatic rings.